The van der Waals surface area contributed by atoms with Crippen LogP contribution in [0.3, 0.4) is 0 Å². The summed E-state index contributed by atoms with van der Waals surface area (Å²) >= 11 is 0. The van der Waals surface area contributed by atoms with E-state index < -0.39 is 6.10 Å². The van der Waals surface area contributed by atoms with E-state index in [4.69, 9.17) is 0 Å². The lowest BCUT2D eigenvalue weighted by Crippen LogP contribution is -2.50. The number of hydrogen-bond donors (Lipinski definition) is 1. The lowest BCUT2D eigenvalue weighted by atomic mass is 9.86. The molecule has 0 aromatic carbocycles. The van der Waals surface area contributed by atoms with Crippen molar-refractivity contribution in [1.29, 1.82) is 0 Å². The summed E-state index contributed by atoms with van der Waals surface area (Å²) < 4.78 is 1.71. The molecule has 1 aliphatic heterocycles. The summed E-state index contributed by atoms with van der Waals surface area (Å²) in [5.74, 6) is 0. The molecular formula is C13H22N4O. The van der Waals surface area contributed by atoms with E-state index in [2.05, 4.69) is 15.2 Å². The highest BCUT2D eigenvalue weighted by Gasteiger charge is 2.47. The van der Waals surface area contributed by atoms with E-state index in [-0.39, 0.29) is 5.54 Å². The predicted molar refractivity (Wildman–Crippen MR) is 68.0 cm³/mol. The molecular weight excluding hydrogens is 228 g/mol. The normalized spacial score (nSPS) is 25.7. The maximum absolute atomic E-state index is 10.9. The molecule has 2 fully saturated rings. The number of aliphatic hydroxyl groups is 1. The zero-order chi connectivity index (χ0) is 12.6. The van der Waals surface area contributed by atoms with Gasteiger partial charge in [-0.1, -0.05) is 18.1 Å². The van der Waals surface area contributed by atoms with Gasteiger partial charge >= 0.3 is 0 Å². The molecule has 1 atom stereocenters. The van der Waals surface area contributed by atoms with Crippen LogP contribution in [-0.4, -0.2) is 43.6 Å². The quantitative estimate of drug-likeness (QED) is 0.877. The van der Waals surface area contributed by atoms with E-state index in [0.717, 1.165) is 31.6 Å². The van der Waals surface area contributed by atoms with Gasteiger partial charge in [-0.05, 0) is 38.8 Å². The van der Waals surface area contributed by atoms with Gasteiger partial charge in [0.05, 0.1) is 17.4 Å². The first-order valence-electron chi connectivity index (χ1n) is 7.02. The third kappa shape index (κ3) is 1.77. The molecule has 1 N–H and O–H groups in total. The third-order valence-corrected chi connectivity index (χ3v) is 4.74. The monoisotopic (exact) mass is 250 g/mol. The van der Waals surface area contributed by atoms with Crippen LogP contribution in [0, 0.1) is 0 Å². The number of aryl methyl sites for hydroxylation is 1. The standard InChI is InChI=1S/C13H22N4O/c1-16-11(10-14-15-16)12(18)13(6-2-3-7-13)17-8-4-5-9-17/h10,12,18H,2-9H2,1H3. The van der Waals surface area contributed by atoms with Crippen molar-refractivity contribution in [3.8, 4) is 0 Å². The Morgan fingerprint density at radius 1 is 1.22 bits per heavy atom. The maximum atomic E-state index is 10.9. The minimum atomic E-state index is -0.460. The Balaban J connectivity index is 1.91. The van der Waals surface area contributed by atoms with Crippen LogP contribution in [0.4, 0.5) is 0 Å². The van der Waals surface area contributed by atoms with E-state index in [1.165, 1.54) is 25.7 Å². The highest BCUT2D eigenvalue weighted by molar-refractivity contribution is 5.12. The average molecular weight is 250 g/mol. The minimum absolute atomic E-state index is 0.0635. The Morgan fingerprint density at radius 2 is 1.89 bits per heavy atom. The SMILES string of the molecule is Cn1nncc1C(O)C1(N2CCCC2)CCCC1. The van der Waals surface area contributed by atoms with Gasteiger partial charge in [-0.3, -0.25) is 4.90 Å². The van der Waals surface area contributed by atoms with Crippen LogP contribution in [0.25, 0.3) is 0 Å². The van der Waals surface area contributed by atoms with E-state index in [9.17, 15) is 5.11 Å². The zero-order valence-corrected chi connectivity index (χ0v) is 11.0. The highest BCUT2D eigenvalue weighted by Crippen LogP contribution is 2.45. The summed E-state index contributed by atoms with van der Waals surface area (Å²) in [7, 11) is 1.86. The fourth-order valence-corrected chi connectivity index (χ4v) is 3.73. The Morgan fingerprint density at radius 3 is 2.44 bits per heavy atom. The smallest absolute Gasteiger partial charge is 0.116 e. The molecule has 1 saturated heterocycles. The summed E-state index contributed by atoms with van der Waals surface area (Å²) in [6.45, 7) is 2.25. The molecule has 1 saturated carbocycles. The van der Waals surface area contributed by atoms with Crippen LogP contribution in [-0.2, 0) is 7.05 Å². The Labute approximate surface area is 108 Å². The van der Waals surface area contributed by atoms with Crippen LogP contribution < -0.4 is 0 Å². The molecule has 5 nitrogen and oxygen atoms in total. The van der Waals surface area contributed by atoms with Crippen molar-refractivity contribution >= 4 is 0 Å². The van der Waals surface area contributed by atoms with E-state index in [0.29, 0.717) is 0 Å². The summed E-state index contributed by atoms with van der Waals surface area (Å²) in [5, 5.41) is 18.7. The Hall–Kier alpha value is -0.940. The van der Waals surface area contributed by atoms with Gasteiger partial charge in [0.15, 0.2) is 0 Å². The number of aliphatic hydroxyl groups excluding tert-OH is 1. The van der Waals surface area contributed by atoms with E-state index in [1.54, 1.807) is 10.9 Å². The van der Waals surface area contributed by atoms with Gasteiger partial charge in [0.1, 0.15) is 6.10 Å². The molecule has 1 aliphatic carbocycles. The van der Waals surface area contributed by atoms with Gasteiger partial charge in [-0.25, -0.2) is 4.68 Å². The molecule has 1 aromatic heterocycles. The molecule has 2 heterocycles. The lowest BCUT2D eigenvalue weighted by molar-refractivity contribution is -0.0237. The number of aromatic nitrogens is 3. The van der Waals surface area contributed by atoms with Crippen molar-refractivity contribution < 1.29 is 5.11 Å². The van der Waals surface area contributed by atoms with Crippen molar-refractivity contribution in [2.45, 2.75) is 50.2 Å². The molecule has 0 radical (unpaired) electrons. The van der Waals surface area contributed by atoms with Crippen LogP contribution in [0.5, 0.6) is 0 Å². The van der Waals surface area contributed by atoms with E-state index in [1.807, 2.05) is 7.05 Å². The molecule has 3 rings (SSSR count). The average Bonchev–Trinajstić information content (AvgIpc) is 3.10. The van der Waals surface area contributed by atoms with Crippen LogP contribution in [0.2, 0.25) is 0 Å². The molecule has 100 valence electrons. The van der Waals surface area contributed by atoms with Gasteiger partial charge in [-0.2, -0.15) is 0 Å². The van der Waals surface area contributed by atoms with Crippen LogP contribution in [0.1, 0.15) is 50.3 Å². The predicted octanol–water partition coefficient (Wildman–Crippen LogP) is 1.26. The number of rotatable bonds is 3. The van der Waals surface area contributed by atoms with Gasteiger partial charge in [-0.15, -0.1) is 5.10 Å². The summed E-state index contributed by atoms with van der Waals surface area (Å²) in [6, 6.07) is 0. The first-order chi connectivity index (χ1) is 8.74. The Bertz CT molecular complexity index is 405. The van der Waals surface area contributed by atoms with Crippen molar-refractivity contribution in [2.24, 2.45) is 7.05 Å². The highest BCUT2D eigenvalue weighted by atomic mass is 16.3. The molecule has 18 heavy (non-hydrogen) atoms. The van der Waals surface area contributed by atoms with Gasteiger partial charge in [0, 0.05) is 7.05 Å². The van der Waals surface area contributed by atoms with Crippen molar-refractivity contribution in [3.63, 3.8) is 0 Å². The fraction of sp³-hybridized carbons (Fsp3) is 0.846. The number of hydrogen-bond acceptors (Lipinski definition) is 4. The van der Waals surface area contributed by atoms with Gasteiger partial charge < -0.3 is 5.11 Å². The maximum Gasteiger partial charge on any atom is 0.116 e. The molecule has 0 spiro atoms. The molecule has 1 aromatic rings. The first-order valence-corrected chi connectivity index (χ1v) is 7.02. The second-order valence-corrected chi connectivity index (χ2v) is 5.69. The molecule has 1 unspecified atom stereocenters. The van der Waals surface area contributed by atoms with Gasteiger partial charge in [0.2, 0.25) is 0 Å². The molecule has 0 amide bonds. The first kappa shape index (κ1) is 12.1. The lowest BCUT2D eigenvalue weighted by Gasteiger charge is -2.42. The second kappa shape index (κ2) is 4.63. The molecule has 0 bridgehead atoms. The largest absolute Gasteiger partial charge is 0.385 e. The van der Waals surface area contributed by atoms with Crippen molar-refractivity contribution in [3.05, 3.63) is 11.9 Å². The fourth-order valence-electron chi connectivity index (χ4n) is 3.73. The van der Waals surface area contributed by atoms with Crippen LogP contribution in [0.15, 0.2) is 6.20 Å². The number of likely N-dealkylation sites (tertiary alicyclic amines) is 1. The minimum Gasteiger partial charge on any atom is -0.385 e. The second-order valence-electron chi connectivity index (χ2n) is 5.69. The van der Waals surface area contributed by atoms with Crippen molar-refractivity contribution in [1.82, 2.24) is 19.9 Å². The summed E-state index contributed by atoms with van der Waals surface area (Å²) in [4.78, 5) is 2.51. The van der Waals surface area contributed by atoms with E-state index >= 15 is 0 Å². The number of nitrogens with zero attached hydrogens (tertiary/aromatic N) is 4. The zero-order valence-electron chi connectivity index (χ0n) is 11.0. The summed E-state index contributed by atoms with van der Waals surface area (Å²) in [6.07, 6.45) is 8.41. The molecule has 2 aliphatic rings. The van der Waals surface area contributed by atoms with Crippen LogP contribution >= 0.6 is 0 Å². The summed E-state index contributed by atoms with van der Waals surface area (Å²) in [5.41, 5.74) is 0.787. The molecule has 5 heteroatoms. The van der Waals surface area contributed by atoms with Gasteiger partial charge in [0.25, 0.3) is 0 Å². The third-order valence-electron chi connectivity index (χ3n) is 4.74. The Kier molecular flexibility index (Phi) is 3.11. The van der Waals surface area contributed by atoms with Crippen molar-refractivity contribution in [2.75, 3.05) is 13.1 Å². The topological polar surface area (TPSA) is 54.2 Å².